The van der Waals surface area contributed by atoms with Gasteiger partial charge in [-0.15, -0.1) is 0 Å². The Kier molecular flexibility index (Phi) is 6.00. The maximum absolute atomic E-state index is 13.5. The molecule has 0 aliphatic carbocycles. The molecule has 1 fully saturated rings. The van der Waals surface area contributed by atoms with Crippen molar-refractivity contribution in [3.63, 3.8) is 0 Å². The molecule has 2 aromatic rings. The molecule has 1 aliphatic rings. The van der Waals surface area contributed by atoms with Crippen LogP contribution in [0.3, 0.4) is 0 Å². The van der Waals surface area contributed by atoms with E-state index in [0.29, 0.717) is 31.7 Å². The zero-order valence-corrected chi connectivity index (χ0v) is 18.1. The van der Waals surface area contributed by atoms with Crippen molar-refractivity contribution in [3.8, 4) is 0 Å². The second-order valence-corrected chi connectivity index (χ2v) is 10.8. The van der Waals surface area contributed by atoms with Crippen LogP contribution >= 0.6 is 0 Å². The topological polar surface area (TPSA) is 86.8 Å². The second kappa shape index (κ2) is 8.02. The van der Waals surface area contributed by atoms with Gasteiger partial charge in [0, 0.05) is 26.2 Å². The van der Waals surface area contributed by atoms with E-state index in [1.165, 1.54) is 35.5 Å². The maximum Gasteiger partial charge on any atom is 0.261 e. The highest BCUT2D eigenvalue weighted by molar-refractivity contribution is 7.92. The number of anilines is 1. The Morgan fingerprint density at radius 2 is 1.55 bits per heavy atom. The quantitative estimate of drug-likeness (QED) is 0.769. The van der Waals surface area contributed by atoms with Gasteiger partial charge in [-0.1, -0.05) is 6.07 Å². The largest absolute Gasteiger partial charge is 0.304 e. The summed E-state index contributed by atoms with van der Waals surface area (Å²) >= 11 is 0. The van der Waals surface area contributed by atoms with E-state index in [-0.39, 0.29) is 21.0 Å². The van der Waals surface area contributed by atoms with E-state index in [2.05, 4.69) is 4.72 Å². The third kappa shape index (κ3) is 4.61. The van der Waals surface area contributed by atoms with Gasteiger partial charge < -0.3 is 4.90 Å². The van der Waals surface area contributed by atoms with Crippen LogP contribution in [-0.2, 0) is 20.0 Å². The van der Waals surface area contributed by atoms with Crippen LogP contribution in [0.25, 0.3) is 0 Å². The lowest BCUT2D eigenvalue weighted by molar-refractivity contribution is 0.222. The van der Waals surface area contributed by atoms with Crippen LogP contribution in [0.5, 0.6) is 0 Å². The average molecular weight is 442 g/mol. The van der Waals surface area contributed by atoms with Crippen molar-refractivity contribution >= 4 is 25.7 Å². The van der Waals surface area contributed by atoms with Gasteiger partial charge in [0.15, 0.2) is 0 Å². The minimum Gasteiger partial charge on any atom is -0.304 e. The van der Waals surface area contributed by atoms with Crippen LogP contribution in [0, 0.1) is 19.7 Å². The molecule has 0 radical (unpaired) electrons. The first-order valence-corrected chi connectivity index (χ1v) is 12.0. The van der Waals surface area contributed by atoms with Gasteiger partial charge in [-0.05, 0) is 62.4 Å². The first-order chi connectivity index (χ1) is 13.5. The number of nitrogens with one attached hydrogen (secondary N) is 1. The molecular weight excluding hydrogens is 417 g/mol. The predicted molar refractivity (Wildman–Crippen MR) is 109 cm³/mol. The average Bonchev–Trinajstić information content (AvgIpc) is 2.65. The lowest BCUT2D eigenvalue weighted by atomic mass is 10.2. The Morgan fingerprint density at radius 1 is 0.897 bits per heavy atom. The van der Waals surface area contributed by atoms with Crippen molar-refractivity contribution in [2.24, 2.45) is 0 Å². The number of hydrogen-bond acceptors (Lipinski definition) is 5. The Labute approximate surface area is 171 Å². The molecule has 3 rings (SSSR count). The van der Waals surface area contributed by atoms with Gasteiger partial charge in [0.25, 0.3) is 10.0 Å². The van der Waals surface area contributed by atoms with E-state index in [1.54, 1.807) is 13.0 Å². The summed E-state index contributed by atoms with van der Waals surface area (Å²) in [5.74, 6) is -0.500. The maximum atomic E-state index is 13.5. The van der Waals surface area contributed by atoms with Gasteiger partial charge >= 0.3 is 0 Å². The van der Waals surface area contributed by atoms with E-state index < -0.39 is 25.9 Å². The summed E-state index contributed by atoms with van der Waals surface area (Å²) < 4.78 is 68.7. The smallest absolute Gasteiger partial charge is 0.261 e. The zero-order valence-electron chi connectivity index (χ0n) is 16.5. The van der Waals surface area contributed by atoms with Gasteiger partial charge in [0.2, 0.25) is 10.0 Å². The molecule has 29 heavy (non-hydrogen) atoms. The molecule has 2 aromatic carbocycles. The first kappa shape index (κ1) is 21.7. The molecule has 10 heteroatoms. The van der Waals surface area contributed by atoms with E-state index in [9.17, 15) is 21.2 Å². The van der Waals surface area contributed by atoms with Crippen LogP contribution < -0.4 is 4.72 Å². The standard InChI is InChI=1S/C19H24FN3O4S2/c1-14-4-5-16(21-28(24,25)17-6-7-18(20)15(2)12-17)13-19(14)29(26,27)23-10-8-22(3)9-11-23/h4-7,12-13,21H,8-11H2,1-3H3. The molecule has 7 nitrogen and oxygen atoms in total. The Bertz CT molecular complexity index is 1130. The summed E-state index contributed by atoms with van der Waals surface area (Å²) in [6, 6.07) is 7.89. The number of rotatable bonds is 5. The van der Waals surface area contributed by atoms with Gasteiger partial charge in [-0.25, -0.2) is 21.2 Å². The molecule has 1 aliphatic heterocycles. The minimum absolute atomic E-state index is 0.0672. The number of sulfonamides is 2. The van der Waals surface area contributed by atoms with Crippen molar-refractivity contribution in [1.29, 1.82) is 0 Å². The van der Waals surface area contributed by atoms with Gasteiger partial charge in [-0.2, -0.15) is 4.31 Å². The third-order valence-electron chi connectivity index (χ3n) is 4.96. The predicted octanol–water partition coefficient (Wildman–Crippen LogP) is 2.18. The highest BCUT2D eigenvalue weighted by Gasteiger charge is 2.29. The van der Waals surface area contributed by atoms with Crippen LogP contribution in [0.15, 0.2) is 46.2 Å². The fraction of sp³-hybridized carbons (Fsp3) is 0.368. The van der Waals surface area contributed by atoms with Gasteiger partial charge in [-0.3, -0.25) is 4.72 Å². The number of hydrogen-bond donors (Lipinski definition) is 1. The molecule has 0 saturated carbocycles. The number of aryl methyl sites for hydroxylation is 2. The highest BCUT2D eigenvalue weighted by atomic mass is 32.2. The van der Waals surface area contributed by atoms with Gasteiger partial charge in [0.05, 0.1) is 15.5 Å². The molecule has 0 spiro atoms. The molecule has 1 N–H and O–H groups in total. The Hall–Kier alpha value is -2.01. The monoisotopic (exact) mass is 441 g/mol. The molecule has 0 amide bonds. The molecular formula is C19H24FN3O4S2. The van der Waals surface area contributed by atoms with Crippen molar-refractivity contribution < 1.29 is 21.2 Å². The van der Waals surface area contributed by atoms with Crippen LogP contribution in [0.2, 0.25) is 0 Å². The number of benzene rings is 2. The molecule has 1 heterocycles. The lowest BCUT2D eigenvalue weighted by Crippen LogP contribution is -2.47. The molecule has 0 unspecified atom stereocenters. The third-order valence-corrected chi connectivity index (χ3v) is 8.38. The SMILES string of the molecule is Cc1cc(S(=O)(=O)Nc2ccc(C)c(S(=O)(=O)N3CCN(C)CC3)c2)ccc1F. The van der Waals surface area contributed by atoms with Crippen LogP contribution in [0.4, 0.5) is 10.1 Å². The second-order valence-electron chi connectivity index (χ2n) is 7.20. The van der Waals surface area contributed by atoms with E-state index in [0.717, 1.165) is 6.07 Å². The van der Waals surface area contributed by atoms with Crippen molar-refractivity contribution in [1.82, 2.24) is 9.21 Å². The fourth-order valence-corrected chi connectivity index (χ4v) is 5.91. The zero-order chi connectivity index (χ0) is 21.4. The molecule has 0 bridgehead atoms. The fourth-order valence-electron chi connectivity index (χ4n) is 3.11. The summed E-state index contributed by atoms with van der Waals surface area (Å²) in [5, 5.41) is 0. The Balaban J connectivity index is 1.91. The lowest BCUT2D eigenvalue weighted by Gasteiger charge is -2.32. The number of piperazine rings is 1. The summed E-state index contributed by atoms with van der Waals surface area (Å²) in [7, 11) is -5.81. The van der Waals surface area contributed by atoms with Crippen molar-refractivity contribution in [2.75, 3.05) is 37.9 Å². The molecule has 0 atom stereocenters. The summed E-state index contributed by atoms with van der Waals surface area (Å²) in [6.07, 6.45) is 0. The van der Waals surface area contributed by atoms with E-state index >= 15 is 0 Å². The summed E-state index contributed by atoms with van der Waals surface area (Å²) in [6.45, 7) is 5.17. The summed E-state index contributed by atoms with van der Waals surface area (Å²) in [5.41, 5.74) is 0.866. The molecule has 0 aromatic heterocycles. The number of halogens is 1. The number of nitrogens with zero attached hydrogens (tertiary/aromatic N) is 2. The van der Waals surface area contributed by atoms with E-state index in [1.807, 2.05) is 11.9 Å². The van der Waals surface area contributed by atoms with Crippen molar-refractivity contribution in [3.05, 3.63) is 53.3 Å². The minimum atomic E-state index is -3.99. The van der Waals surface area contributed by atoms with E-state index in [4.69, 9.17) is 0 Å². The normalized spacial score (nSPS) is 16.7. The molecule has 1 saturated heterocycles. The first-order valence-electron chi connectivity index (χ1n) is 9.09. The van der Waals surface area contributed by atoms with Crippen LogP contribution in [-0.4, -0.2) is 59.3 Å². The van der Waals surface area contributed by atoms with Crippen LogP contribution in [0.1, 0.15) is 11.1 Å². The Morgan fingerprint density at radius 3 is 2.17 bits per heavy atom. The highest BCUT2D eigenvalue weighted by Crippen LogP contribution is 2.26. The molecule has 158 valence electrons. The van der Waals surface area contributed by atoms with Gasteiger partial charge in [0.1, 0.15) is 5.82 Å². The summed E-state index contributed by atoms with van der Waals surface area (Å²) in [4.78, 5) is 2.02. The number of likely N-dealkylation sites (N-methyl/N-ethyl adjacent to an activating group) is 1. The van der Waals surface area contributed by atoms with Crippen molar-refractivity contribution in [2.45, 2.75) is 23.6 Å².